The van der Waals surface area contributed by atoms with Crippen LogP contribution in [-0.4, -0.2) is 42.4 Å². The maximum absolute atomic E-state index is 14.2. The van der Waals surface area contributed by atoms with Gasteiger partial charge in [-0.3, -0.25) is 19.6 Å². The van der Waals surface area contributed by atoms with Crippen molar-refractivity contribution in [1.29, 1.82) is 0 Å². The van der Waals surface area contributed by atoms with Crippen LogP contribution in [0.25, 0.3) is 0 Å². The van der Waals surface area contributed by atoms with E-state index in [1.807, 2.05) is 44.2 Å². The van der Waals surface area contributed by atoms with E-state index in [9.17, 15) is 9.59 Å². The van der Waals surface area contributed by atoms with Crippen LogP contribution in [0.2, 0.25) is 10.0 Å². The molecule has 10 heteroatoms. The molecule has 3 aromatic carbocycles. The normalized spacial score (nSPS) is 19.7. The van der Waals surface area contributed by atoms with Gasteiger partial charge in [-0.05, 0) is 49.2 Å². The molecule has 0 fully saturated rings. The molecular weight excluding hydrogens is 527 g/mol. The summed E-state index contributed by atoms with van der Waals surface area (Å²) in [5.74, 6) is 1.05. The Labute approximate surface area is 229 Å². The van der Waals surface area contributed by atoms with E-state index in [0.717, 1.165) is 11.1 Å². The number of nitrogens with zero attached hydrogens (tertiary/aromatic N) is 3. The zero-order valence-electron chi connectivity index (χ0n) is 20.9. The summed E-state index contributed by atoms with van der Waals surface area (Å²) < 4.78 is 11.8. The van der Waals surface area contributed by atoms with Gasteiger partial charge in [-0.2, -0.15) is 0 Å². The van der Waals surface area contributed by atoms with Crippen LogP contribution >= 0.6 is 23.2 Å². The van der Waals surface area contributed by atoms with Gasteiger partial charge in [0.15, 0.2) is 0 Å². The van der Waals surface area contributed by atoms with Crippen LogP contribution in [0.3, 0.4) is 0 Å². The molecule has 0 aromatic heterocycles. The van der Waals surface area contributed by atoms with Crippen molar-refractivity contribution in [3.63, 3.8) is 0 Å². The molecule has 3 aliphatic heterocycles. The van der Waals surface area contributed by atoms with E-state index in [2.05, 4.69) is 5.32 Å². The number of fused-ring (bicyclic) bond motifs is 2. The Morgan fingerprint density at radius 2 is 1.76 bits per heavy atom. The molecule has 38 heavy (non-hydrogen) atoms. The van der Waals surface area contributed by atoms with Gasteiger partial charge < -0.3 is 14.8 Å². The highest BCUT2D eigenvalue weighted by Gasteiger charge is 2.51. The Morgan fingerprint density at radius 3 is 2.45 bits per heavy atom. The number of ether oxygens (including phenoxy) is 2. The predicted octanol–water partition coefficient (Wildman–Crippen LogP) is 6.23. The van der Waals surface area contributed by atoms with Gasteiger partial charge >= 0.3 is 6.03 Å². The van der Waals surface area contributed by atoms with Crippen molar-refractivity contribution >= 4 is 52.4 Å². The summed E-state index contributed by atoms with van der Waals surface area (Å²) in [7, 11) is 1.51. The summed E-state index contributed by atoms with van der Waals surface area (Å²) in [6, 6.07) is 15.2. The molecule has 8 nitrogen and oxygen atoms in total. The lowest BCUT2D eigenvalue weighted by Gasteiger charge is -2.42. The molecule has 0 bridgehead atoms. The Morgan fingerprint density at radius 1 is 1.00 bits per heavy atom. The summed E-state index contributed by atoms with van der Waals surface area (Å²) in [6.45, 7) is 3.70. The molecule has 0 radical (unpaired) electrons. The molecule has 0 unspecified atom stereocenters. The van der Waals surface area contributed by atoms with Crippen LogP contribution < -0.4 is 19.7 Å². The predicted molar refractivity (Wildman–Crippen MR) is 147 cm³/mol. The molecule has 0 saturated carbocycles. The molecule has 3 aromatic rings. The minimum atomic E-state index is -0.520. The van der Waals surface area contributed by atoms with Gasteiger partial charge in [0.2, 0.25) is 5.91 Å². The molecule has 194 valence electrons. The Hall–Kier alpha value is -3.75. The second-order valence-electron chi connectivity index (χ2n) is 9.58. The average molecular weight is 551 g/mol. The fourth-order valence-electron chi connectivity index (χ4n) is 5.30. The highest BCUT2D eigenvalue weighted by Crippen LogP contribution is 2.54. The molecule has 0 saturated heterocycles. The number of carbonyl (C=O) groups is 2. The minimum absolute atomic E-state index is 0.148. The number of amidine groups is 1. The van der Waals surface area contributed by atoms with Crippen molar-refractivity contribution in [3.8, 4) is 11.5 Å². The molecule has 2 atom stereocenters. The van der Waals surface area contributed by atoms with Gasteiger partial charge in [0.1, 0.15) is 35.6 Å². The van der Waals surface area contributed by atoms with Gasteiger partial charge in [0.25, 0.3) is 0 Å². The van der Waals surface area contributed by atoms with Gasteiger partial charge in [-0.25, -0.2) is 4.79 Å². The highest BCUT2D eigenvalue weighted by molar-refractivity contribution is 6.31. The molecule has 6 rings (SSSR count). The first-order valence-corrected chi connectivity index (χ1v) is 12.9. The number of benzene rings is 3. The van der Waals surface area contributed by atoms with Crippen LogP contribution in [0.5, 0.6) is 11.5 Å². The van der Waals surface area contributed by atoms with Gasteiger partial charge in [0.05, 0.1) is 30.5 Å². The van der Waals surface area contributed by atoms with Crippen molar-refractivity contribution in [2.24, 2.45) is 4.99 Å². The quantitative estimate of drug-likeness (QED) is 0.408. The number of rotatable bonds is 5. The lowest BCUT2D eigenvalue weighted by atomic mass is 9.93. The molecule has 0 spiro atoms. The fourth-order valence-corrected chi connectivity index (χ4v) is 5.63. The summed E-state index contributed by atoms with van der Waals surface area (Å²) in [5, 5.41) is 4.03. The topological polar surface area (TPSA) is 83.5 Å². The molecule has 0 aliphatic carbocycles. The maximum atomic E-state index is 14.2. The number of hydrogen-bond acceptors (Lipinski definition) is 5. The van der Waals surface area contributed by atoms with E-state index >= 15 is 0 Å². The minimum Gasteiger partial charge on any atom is -0.494 e. The highest BCUT2D eigenvalue weighted by atomic mass is 35.5. The second kappa shape index (κ2) is 9.22. The van der Waals surface area contributed by atoms with Crippen LogP contribution in [-0.2, 0) is 4.79 Å². The van der Waals surface area contributed by atoms with Crippen molar-refractivity contribution in [2.75, 3.05) is 23.9 Å². The lowest BCUT2D eigenvalue weighted by molar-refractivity contribution is -0.115. The third-order valence-electron chi connectivity index (χ3n) is 6.78. The van der Waals surface area contributed by atoms with E-state index in [1.54, 1.807) is 29.2 Å². The summed E-state index contributed by atoms with van der Waals surface area (Å²) in [5.41, 5.74) is 3.25. The largest absolute Gasteiger partial charge is 0.494 e. The summed E-state index contributed by atoms with van der Waals surface area (Å²) in [4.78, 5) is 35.2. The SMILES string of the molecule is COc1cc(OC(C)C)c2c3c1NC(=O)CN3C(=O)N1C2=N[C@@H](c2ccc(Cl)cc2)[C@H]1c1cccc(Cl)c1. The number of halogens is 2. The number of hydrogen-bond donors (Lipinski definition) is 1. The summed E-state index contributed by atoms with van der Waals surface area (Å²) in [6.07, 6.45) is -0.162. The molecule has 3 amide bonds. The monoisotopic (exact) mass is 550 g/mol. The second-order valence-corrected chi connectivity index (χ2v) is 10.5. The summed E-state index contributed by atoms with van der Waals surface area (Å²) >= 11 is 12.6. The number of nitrogens with one attached hydrogen (secondary N) is 1. The van der Waals surface area contributed by atoms with E-state index in [0.29, 0.717) is 44.3 Å². The molecule has 1 N–H and O–H groups in total. The first-order valence-electron chi connectivity index (χ1n) is 12.2. The third-order valence-corrected chi connectivity index (χ3v) is 7.26. The van der Waals surface area contributed by atoms with Crippen molar-refractivity contribution in [1.82, 2.24) is 4.90 Å². The number of carbonyl (C=O) groups excluding carboxylic acids is 2. The van der Waals surface area contributed by atoms with Gasteiger partial charge in [0, 0.05) is 16.1 Å². The Balaban J connectivity index is 1.63. The zero-order valence-corrected chi connectivity index (χ0v) is 22.4. The zero-order chi connectivity index (χ0) is 26.7. The number of aliphatic imine (C=N–C) groups is 1. The molecular formula is C28H24Cl2N4O4. The van der Waals surface area contributed by atoms with E-state index in [1.165, 1.54) is 12.0 Å². The van der Waals surface area contributed by atoms with Crippen LogP contribution in [0.4, 0.5) is 16.2 Å². The molecule has 3 heterocycles. The van der Waals surface area contributed by atoms with Crippen molar-refractivity contribution in [3.05, 3.63) is 81.3 Å². The number of urea groups is 1. The Kier molecular flexibility index (Phi) is 5.96. The number of anilines is 2. The molecule has 3 aliphatic rings. The van der Waals surface area contributed by atoms with E-state index in [4.69, 9.17) is 37.7 Å². The van der Waals surface area contributed by atoms with Crippen molar-refractivity contribution < 1.29 is 19.1 Å². The van der Waals surface area contributed by atoms with Gasteiger partial charge in [-0.15, -0.1) is 0 Å². The average Bonchev–Trinajstić information content (AvgIpc) is 3.28. The van der Waals surface area contributed by atoms with Crippen molar-refractivity contribution in [2.45, 2.75) is 32.0 Å². The van der Waals surface area contributed by atoms with E-state index < -0.39 is 12.1 Å². The number of methoxy groups -OCH3 is 1. The fraction of sp³-hybridized carbons (Fsp3) is 0.250. The van der Waals surface area contributed by atoms with Crippen LogP contribution in [0.15, 0.2) is 59.6 Å². The van der Waals surface area contributed by atoms with Crippen LogP contribution in [0, 0.1) is 0 Å². The maximum Gasteiger partial charge on any atom is 0.331 e. The third kappa shape index (κ3) is 3.87. The van der Waals surface area contributed by atoms with Crippen LogP contribution in [0.1, 0.15) is 42.6 Å². The van der Waals surface area contributed by atoms with E-state index in [-0.39, 0.29) is 24.6 Å². The smallest absolute Gasteiger partial charge is 0.331 e. The first kappa shape index (κ1) is 24.6. The lowest BCUT2D eigenvalue weighted by Crippen LogP contribution is -2.55. The first-order chi connectivity index (χ1) is 18.3. The Bertz CT molecular complexity index is 1510. The van der Waals surface area contributed by atoms with Gasteiger partial charge in [-0.1, -0.05) is 47.5 Å². The number of amides is 3. The standard InChI is InChI=1S/C28H24Cl2N4O4/c1-14(2)38-19-12-20(37-3)24-26-22(19)27-32-23(15-7-9-17(29)10-8-15)25(16-5-4-6-18(30)11-16)34(27)28(36)33(26)13-21(35)31-24/h4-12,14,23,25H,13H2,1-3H3,(H,31,35)/t23-,25+/m0/s1.